The lowest BCUT2D eigenvalue weighted by Gasteiger charge is -2.28. The molecule has 1 heterocycles. The lowest BCUT2D eigenvalue weighted by Crippen LogP contribution is -2.31. The van der Waals surface area contributed by atoms with Crippen molar-refractivity contribution >= 4 is 11.6 Å². The van der Waals surface area contributed by atoms with E-state index < -0.39 is 0 Å². The predicted octanol–water partition coefficient (Wildman–Crippen LogP) is 7.59. The van der Waals surface area contributed by atoms with E-state index in [1.165, 1.54) is 16.7 Å². The molecule has 174 valence electrons. The van der Waals surface area contributed by atoms with Gasteiger partial charge in [0.25, 0.3) is 0 Å². The zero-order chi connectivity index (χ0) is 24.2. The standard InChI is InChI=1S/C29H41NO2/c1-17-18(2)26-23(19(3)25(17)30-22(31)16-27(4,5)6)24(29(10,11)32-26)20-12-14-21(15-13-20)28(7,8)9/h12-15,24H,16H2,1-11H3,(H,30,31). The van der Waals surface area contributed by atoms with E-state index >= 15 is 0 Å². The van der Waals surface area contributed by atoms with Crippen molar-refractivity contribution in [2.75, 3.05) is 5.32 Å². The van der Waals surface area contributed by atoms with Crippen molar-refractivity contribution in [1.82, 2.24) is 0 Å². The molecule has 1 atom stereocenters. The second-order valence-corrected chi connectivity index (χ2v) is 12.3. The van der Waals surface area contributed by atoms with Gasteiger partial charge in [-0.15, -0.1) is 0 Å². The maximum atomic E-state index is 12.8. The molecule has 0 radical (unpaired) electrons. The molecule has 32 heavy (non-hydrogen) atoms. The highest BCUT2D eigenvalue weighted by atomic mass is 16.5. The SMILES string of the molecule is Cc1c(C)c2c(c(C)c1NC(=O)CC(C)(C)C)C(c1ccc(C(C)(C)C)cc1)C(C)(C)O2. The number of ether oxygens (including phenoxy) is 1. The zero-order valence-corrected chi connectivity index (χ0v) is 21.9. The van der Waals surface area contributed by atoms with Crippen LogP contribution in [0.3, 0.4) is 0 Å². The van der Waals surface area contributed by atoms with Crippen molar-refractivity contribution in [2.24, 2.45) is 5.41 Å². The highest BCUT2D eigenvalue weighted by molar-refractivity contribution is 5.94. The maximum absolute atomic E-state index is 12.8. The lowest BCUT2D eigenvalue weighted by atomic mass is 9.77. The number of rotatable bonds is 3. The number of anilines is 1. The van der Waals surface area contributed by atoms with Crippen LogP contribution < -0.4 is 10.1 Å². The topological polar surface area (TPSA) is 38.3 Å². The first-order valence-electron chi connectivity index (χ1n) is 11.8. The third-order valence-corrected chi connectivity index (χ3v) is 6.72. The molecule has 1 unspecified atom stereocenters. The Bertz CT molecular complexity index is 1030. The molecule has 1 aliphatic heterocycles. The second-order valence-electron chi connectivity index (χ2n) is 12.3. The summed E-state index contributed by atoms with van der Waals surface area (Å²) in [5.74, 6) is 1.14. The van der Waals surface area contributed by atoms with Gasteiger partial charge < -0.3 is 10.1 Å². The van der Waals surface area contributed by atoms with E-state index in [2.05, 4.69) is 106 Å². The first kappa shape index (κ1) is 24.4. The number of carbonyl (C=O) groups excluding carboxylic acids is 1. The molecule has 0 aliphatic carbocycles. The molecule has 2 aromatic carbocycles. The van der Waals surface area contributed by atoms with Gasteiger partial charge in [-0.1, -0.05) is 65.8 Å². The second kappa shape index (κ2) is 7.93. The summed E-state index contributed by atoms with van der Waals surface area (Å²) in [7, 11) is 0. The Morgan fingerprint density at radius 2 is 1.50 bits per heavy atom. The Kier molecular flexibility index (Phi) is 6.04. The fraction of sp³-hybridized carbons (Fsp3) is 0.552. The monoisotopic (exact) mass is 435 g/mol. The van der Waals surface area contributed by atoms with E-state index in [0.29, 0.717) is 6.42 Å². The fourth-order valence-electron chi connectivity index (χ4n) is 4.89. The average molecular weight is 436 g/mol. The molecule has 1 aliphatic rings. The number of hydrogen-bond donors (Lipinski definition) is 1. The molecule has 3 rings (SSSR count). The Morgan fingerprint density at radius 1 is 0.938 bits per heavy atom. The van der Waals surface area contributed by atoms with Crippen LogP contribution in [0.5, 0.6) is 5.75 Å². The summed E-state index contributed by atoms with van der Waals surface area (Å²) < 4.78 is 6.58. The Balaban J connectivity index is 2.12. The van der Waals surface area contributed by atoms with Crippen molar-refractivity contribution in [3.8, 4) is 5.75 Å². The van der Waals surface area contributed by atoms with Crippen LogP contribution in [0.25, 0.3) is 0 Å². The van der Waals surface area contributed by atoms with Gasteiger partial charge >= 0.3 is 0 Å². The highest BCUT2D eigenvalue weighted by Crippen LogP contribution is 2.53. The van der Waals surface area contributed by atoms with Crippen LogP contribution in [-0.4, -0.2) is 11.5 Å². The summed E-state index contributed by atoms with van der Waals surface area (Å²) in [4.78, 5) is 12.8. The summed E-state index contributed by atoms with van der Waals surface area (Å²) in [6.07, 6.45) is 0.488. The normalized spacial score (nSPS) is 17.7. The van der Waals surface area contributed by atoms with Crippen molar-refractivity contribution in [3.63, 3.8) is 0 Å². The molecule has 0 fully saturated rings. The lowest BCUT2D eigenvalue weighted by molar-refractivity contribution is -0.117. The highest BCUT2D eigenvalue weighted by Gasteiger charge is 2.45. The molecule has 0 bridgehead atoms. The van der Waals surface area contributed by atoms with Crippen molar-refractivity contribution in [3.05, 3.63) is 57.6 Å². The van der Waals surface area contributed by atoms with Crippen molar-refractivity contribution in [1.29, 1.82) is 0 Å². The van der Waals surface area contributed by atoms with Crippen molar-refractivity contribution in [2.45, 2.75) is 99.5 Å². The number of benzene rings is 2. The minimum Gasteiger partial charge on any atom is -0.486 e. The van der Waals surface area contributed by atoms with Gasteiger partial charge in [0.1, 0.15) is 11.4 Å². The van der Waals surface area contributed by atoms with Gasteiger partial charge in [-0.3, -0.25) is 4.79 Å². The molecule has 1 amide bonds. The molecular weight excluding hydrogens is 394 g/mol. The Morgan fingerprint density at radius 3 is 2.00 bits per heavy atom. The molecule has 1 N–H and O–H groups in total. The molecule has 0 spiro atoms. The van der Waals surface area contributed by atoms with E-state index in [1.807, 2.05) is 0 Å². The van der Waals surface area contributed by atoms with Gasteiger partial charge in [0.05, 0.1) is 5.92 Å². The van der Waals surface area contributed by atoms with Gasteiger partial charge in [-0.25, -0.2) is 0 Å². The van der Waals surface area contributed by atoms with E-state index in [1.54, 1.807) is 0 Å². The fourth-order valence-corrected chi connectivity index (χ4v) is 4.89. The maximum Gasteiger partial charge on any atom is 0.224 e. The van der Waals surface area contributed by atoms with E-state index in [9.17, 15) is 4.79 Å². The number of fused-ring (bicyclic) bond motifs is 1. The summed E-state index contributed by atoms with van der Waals surface area (Å²) in [5.41, 5.74) is 7.71. The minimum absolute atomic E-state index is 0.0555. The van der Waals surface area contributed by atoms with E-state index in [0.717, 1.165) is 28.1 Å². The van der Waals surface area contributed by atoms with Crippen LogP contribution in [0.1, 0.15) is 101 Å². The first-order chi connectivity index (χ1) is 14.5. The quantitative estimate of drug-likeness (QED) is 0.539. The molecule has 0 saturated heterocycles. The van der Waals surface area contributed by atoms with Crippen LogP contribution in [0.4, 0.5) is 5.69 Å². The van der Waals surface area contributed by atoms with E-state index in [4.69, 9.17) is 4.74 Å². The molecule has 0 aromatic heterocycles. The number of nitrogens with one attached hydrogen (secondary N) is 1. The van der Waals surface area contributed by atoms with Gasteiger partial charge in [-0.05, 0) is 73.3 Å². The van der Waals surface area contributed by atoms with Crippen molar-refractivity contribution < 1.29 is 9.53 Å². The minimum atomic E-state index is -0.373. The smallest absolute Gasteiger partial charge is 0.224 e. The molecular formula is C29H41NO2. The summed E-state index contributed by atoms with van der Waals surface area (Å²) in [6, 6.07) is 8.98. The molecule has 0 saturated carbocycles. The summed E-state index contributed by atoms with van der Waals surface area (Å²) in [5, 5.41) is 3.24. The largest absolute Gasteiger partial charge is 0.486 e. The van der Waals surface area contributed by atoms with Crippen LogP contribution in [-0.2, 0) is 10.2 Å². The molecule has 3 heteroatoms. The number of hydrogen-bond acceptors (Lipinski definition) is 2. The van der Waals surface area contributed by atoms with E-state index in [-0.39, 0.29) is 28.3 Å². The van der Waals surface area contributed by atoms with Gasteiger partial charge in [0, 0.05) is 17.7 Å². The third-order valence-electron chi connectivity index (χ3n) is 6.72. The Labute approximate surface area is 195 Å². The number of amides is 1. The van der Waals surface area contributed by atoms with Crippen LogP contribution in [0.15, 0.2) is 24.3 Å². The number of carbonyl (C=O) groups is 1. The molecule has 2 aromatic rings. The van der Waals surface area contributed by atoms with Gasteiger partial charge in [-0.2, -0.15) is 0 Å². The summed E-state index contributed by atoms with van der Waals surface area (Å²) in [6.45, 7) is 23.6. The van der Waals surface area contributed by atoms with Crippen LogP contribution in [0, 0.1) is 26.2 Å². The predicted molar refractivity (Wildman–Crippen MR) is 135 cm³/mol. The average Bonchev–Trinajstić information content (AvgIpc) is 2.93. The third kappa shape index (κ3) is 4.58. The molecule has 3 nitrogen and oxygen atoms in total. The Hall–Kier alpha value is -2.29. The van der Waals surface area contributed by atoms with Gasteiger partial charge in [0.2, 0.25) is 5.91 Å². The summed E-state index contributed by atoms with van der Waals surface area (Å²) >= 11 is 0. The first-order valence-corrected chi connectivity index (χ1v) is 11.8. The van der Waals surface area contributed by atoms with Crippen LogP contribution >= 0.6 is 0 Å². The van der Waals surface area contributed by atoms with Crippen LogP contribution in [0.2, 0.25) is 0 Å². The zero-order valence-electron chi connectivity index (χ0n) is 21.9. The van der Waals surface area contributed by atoms with Gasteiger partial charge in [0.15, 0.2) is 0 Å².